The molecular weight excluding hydrogens is 258 g/mol. The second kappa shape index (κ2) is 5.47. The number of hydrogen-bond donors (Lipinski definition) is 2. The van der Waals surface area contributed by atoms with Crippen molar-refractivity contribution in [1.82, 2.24) is 15.2 Å². The Hall–Kier alpha value is -1.32. The van der Waals surface area contributed by atoms with Crippen LogP contribution >= 0.6 is 0 Å². The summed E-state index contributed by atoms with van der Waals surface area (Å²) >= 11 is 0. The van der Waals surface area contributed by atoms with Crippen molar-refractivity contribution in [2.45, 2.75) is 44.3 Å². The van der Waals surface area contributed by atoms with Crippen molar-refractivity contribution in [3.8, 4) is 0 Å². The number of benzene rings is 1. The minimum atomic E-state index is 0.853. The first-order valence-electron chi connectivity index (χ1n) is 8.28. The van der Waals surface area contributed by atoms with E-state index >= 15 is 0 Å². The smallest absolute Gasteiger partial charge is 0.0454 e. The number of piperidine rings is 1. The molecular formula is C18H25N3. The summed E-state index contributed by atoms with van der Waals surface area (Å²) in [5, 5.41) is 4.99. The van der Waals surface area contributed by atoms with Crippen molar-refractivity contribution in [2.75, 3.05) is 13.6 Å². The second-order valence-electron chi connectivity index (χ2n) is 6.92. The number of nitrogens with zero attached hydrogens (tertiary/aromatic N) is 1. The molecule has 0 spiro atoms. The van der Waals surface area contributed by atoms with Gasteiger partial charge in [0.1, 0.15) is 0 Å². The summed E-state index contributed by atoms with van der Waals surface area (Å²) in [5.41, 5.74) is 2.61. The zero-order valence-electron chi connectivity index (χ0n) is 12.8. The van der Waals surface area contributed by atoms with E-state index in [0.717, 1.165) is 24.5 Å². The Balaban J connectivity index is 1.31. The average Bonchev–Trinajstić information content (AvgIpc) is 3.01. The van der Waals surface area contributed by atoms with Crippen LogP contribution in [0, 0.1) is 5.92 Å². The van der Waals surface area contributed by atoms with Crippen LogP contribution < -0.4 is 5.32 Å². The Morgan fingerprint density at radius 3 is 2.81 bits per heavy atom. The monoisotopic (exact) mass is 283 g/mol. The molecule has 2 bridgehead atoms. The summed E-state index contributed by atoms with van der Waals surface area (Å²) in [4.78, 5) is 5.87. The van der Waals surface area contributed by atoms with Gasteiger partial charge in [-0.05, 0) is 74.3 Å². The molecule has 3 heteroatoms. The van der Waals surface area contributed by atoms with Crippen molar-refractivity contribution in [1.29, 1.82) is 0 Å². The van der Waals surface area contributed by atoms with Crippen LogP contribution in [0.1, 0.15) is 31.2 Å². The van der Waals surface area contributed by atoms with Crippen molar-refractivity contribution in [2.24, 2.45) is 5.92 Å². The molecule has 112 valence electrons. The molecule has 21 heavy (non-hydrogen) atoms. The number of aromatic amines is 1. The largest absolute Gasteiger partial charge is 0.361 e. The molecule has 2 aromatic rings. The third kappa shape index (κ3) is 2.60. The topological polar surface area (TPSA) is 31.1 Å². The zero-order chi connectivity index (χ0) is 14.2. The number of hydrogen-bond acceptors (Lipinski definition) is 2. The molecule has 2 aliphatic heterocycles. The molecule has 2 atom stereocenters. The maximum absolute atomic E-state index is 3.68. The van der Waals surface area contributed by atoms with Crippen LogP contribution in [0.3, 0.4) is 0 Å². The third-order valence-corrected chi connectivity index (χ3v) is 5.58. The Kier molecular flexibility index (Phi) is 3.48. The Bertz CT molecular complexity index is 604. The van der Waals surface area contributed by atoms with Gasteiger partial charge in [0, 0.05) is 30.3 Å². The van der Waals surface area contributed by atoms with E-state index in [-0.39, 0.29) is 0 Å². The molecule has 3 heterocycles. The van der Waals surface area contributed by atoms with E-state index in [4.69, 9.17) is 0 Å². The fourth-order valence-electron chi connectivity index (χ4n) is 4.32. The van der Waals surface area contributed by atoms with E-state index in [9.17, 15) is 0 Å². The van der Waals surface area contributed by atoms with Crippen LogP contribution in [0.15, 0.2) is 30.5 Å². The molecule has 0 radical (unpaired) electrons. The summed E-state index contributed by atoms with van der Waals surface area (Å²) in [6.45, 7) is 2.16. The summed E-state index contributed by atoms with van der Waals surface area (Å²) in [7, 11) is 2.32. The lowest BCUT2D eigenvalue weighted by atomic mass is 9.91. The van der Waals surface area contributed by atoms with Crippen LogP contribution in [0.2, 0.25) is 0 Å². The molecule has 1 aromatic carbocycles. The van der Waals surface area contributed by atoms with Crippen LogP contribution in [-0.4, -0.2) is 35.6 Å². The lowest BCUT2D eigenvalue weighted by Crippen LogP contribution is -2.42. The van der Waals surface area contributed by atoms with Crippen LogP contribution in [-0.2, 0) is 6.54 Å². The van der Waals surface area contributed by atoms with E-state index in [0.29, 0.717) is 0 Å². The van der Waals surface area contributed by atoms with Crippen LogP contribution in [0.5, 0.6) is 0 Å². The van der Waals surface area contributed by atoms with Crippen LogP contribution in [0.4, 0.5) is 0 Å². The average molecular weight is 283 g/mol. The zero-order valence-corrected chi connectivity index (χ0v) is 12.8. The number of H-pyrrole nitrogens is 1. The lowest BCUT2D eigenvalue weighted by molar-refractivity contribution is 0.133. The van der Waals surface area contributed by atoms with Crippen molar-refractivity contribution >= 4 is 10.9 Å². The lowest BCUT2D eigenvalue weighted by Gasteiger charge is -2.36. The molecule has 0 saturated carbocycles. The first-order chi connectivity index (χ1) is 10.3. The fraction of sp³-hybridized carbons (Fsp3) is 0.556. The standard InChI is InChI=1S/C18H25N3/c1-21-16-3-4-17(21)10-14(9-16)12-19-11-13-2-5-18-15(8-13)6-7-20-18/h2,5-8,14,16-17,19-20H,3-4,9-12H2,1H3. The molecule has 2 fully saturated rings. The Morgan fingerprint density at radius 2 is 2.00 bits per heavy atom. The predicted molar refractivity (Wildman–Crippen MR) is 87.3 cm³/mol. The van der Waals surface area contributed by atoms with Crippen molar-refractivity contribution < 1.29 is 0 Å². The molecule has 2 N–H and O–H groups in total. The molecule has 0 amide bonds. The van der Waals surface area contributed by atoms with Gasteiger partial charge in [-0.3, -0.25) is 0 Å². The second-order valence-corrected chi connectivity index (χ2v) is 6.92. The molecule has 0 aliphatic carbocycles. The van der Waals surface area contributed by atoms with Gasteiger partial charge in [-0.1, -0.05) is 6.07 Å². The van der Waals surface area contributed by atoms with Gasteiger partial charge in [0.2, 0.25) is 0 Å². The summed E-state index contributed by atoms with van der Waals surface area (Å²) in [5.74, 6) is 0.870. The molecule has 3 nitrogen and oxygen atoms in total. The number of aromatic nitrogens is 1. The van der Waals surface area contributed by atoms with Gasteiger partial charge in [-0.2, -0.15) is 0 Å². The highest BCUT2D eigenvalue weighted by atomic mass is 15.2. The van der Waals surface area contributed by atoms with E-state index in [1.807, 2.05) is 6.20 Å². The summed E-state index contributed by atoms with van der Waals surface area (Å²) in [6, 6.07) is 10.6. The van der Waals surface area contributed by atoms with Crippen molar-refractivity contribution in [3.05, 3.63) is 36.0 Å². The molecule has 1 aromatic heterocycles. The fourth-order valence-corrected chi connectivity index (χ4v) is 4.32. The normalized spacial score (nSPS) is 29.3. The van der Waals surface area contributed by atoms with E-state index in [1.54, 1.807) is 0 Å². The summed E-state index contributed by atoms with van der Waals surface area (Å²) in [6.07, 6.45) is 7.62. The van der Waals surface area contributed by atoms with Gasteiger partial charge in [0.15, 0.2) is 0 Å². The van der Waals surface area contributed by atoms with Gasteiger partial charge >= 0.3 is 0 Å². The Morgan fingerprint density at radius 1 is 1.19 bits per heavy atom. The third-order valence-electron chi connectivity index (χ3n) is 5.58. The molecule has 2 aliphatic rings. The highest BCUT2D eigenvalue weighted by Crippen LogP contribution is 2.37. The summed E-state index contributed by atoms with van der Waals surface area (Å²) < 4.78 is 0. The Labute approximate surface area is 126 Å². The van der Waals surface area contributed by atoms with Gasteiger partial charge < -0.3 is 15.2 Å². The van der Waals surface area contributed by atoms with E-state index in [1.165, 1.54) is 48.7 Å². The maximum atomic E-state index is 3.68. The number of rotatable bonds is 4. The van der Waals surface area contributed by atoms with Gasteiger partial charge in [-0.15, -0.1) is 0 Å². The van der Waals surface area contributed by atoms with Gasteiger partial charge in [0.05, 0.1) is 0 Å². The van der Waals surface area contributed by atoms with E-state index < -0.39 is 0 Å². The first-order valence-corrected chi connectivity index (χ1v) is 8.28. The quantitative estimate of drug-likeness (QED) is 0.903. The SMILES string of the molecule is CN1C2CCC1CC(CNCc1ccc3[nH]ccc3c1)C2. The maximum Gasteiger partial charge on any atom is 0.0454 e. The van der Waals surface area contributed by atoms with E-state index in [2.05, 4.69) is 46.5 Å². The molecule has 4 rings (SSSR count). The van der Waals surface area contributed by atoms with Crippen LogP contribution in [0.25, 0.3) is 10.9 Å². The molecule has 2 saturated heterocycles. The van der Waals surface area contributed by atoms with Crippen molar-refractivity contribution in [3.63, 3.8) is 0 Å². The highest BCUT2D eigenvalue weighted by Gasteiger charge is 2.37. The predicted octanol–water partition coefficient (Wildman–Crippen LogP) is 3.13. The molecule has 2 unspecified atom stereocenters. The number of nitrogens with one attached hydrogen (secondary N) is 2. The minimum Gasteiger partial charge on any atom is -0.361 e. The van der Waals surface area contributed by atoms with Gasteiger partial charge in [0.25, 0.3) is 0 Å². The highest BCUT2D eigenvalue weighted by molar-refractivity contribution is 5.79. The first kappa shape index (κ1) is 13.4. The number of fused-ring (bicyclic) bond motifs is 3. The minimum absolute atomic E-state index is 0.853. The van der Waals surface area contributed by atoms with Gasteiger partial charge in [-0.25, -0.2) is 0 Å².